The number of hydrogen-bond acceptors (Lipinski definition) is 4. The number of aromatic nitrogens is 1. The highest BCUT2D eigenvalue weighted by atomic mass is 16.5. The number of aryl methyl sites for hydroxylation is 2. The van der Waals surface area contributed by atoms with Crippen LogP contribution in [0.5, 0.6) is 5.75 Å². The highest BCUT2D eigenvalue weighted by Gasteiger charge is 2.02. The van der Waals surface area contributed by atoms with E-state index in [-0.39, 0.29) is 0 Å². The number of benzene rings is 1. The first-order valence-corrected chi connectivity index (χ1v) is 6.15. The molecule has 0 aliphatic carbocycles. The molecule has 2 aromatic rings. The maximum Gasteiger partial charge on any atom is 0.294 e. The molecule has 0 aliphatic rings. The van der Waals surface area contributed by atoms with E-state index < -0.39 is 0 Å². The van der Waals surface area contributed by atoms with E-state index in [2.05, 4.69) is 22.4 Å². The predicted octanol–water partition coefficient (Wildman–Crippen LogP) is 2.90. The van der Waals surface area contributed by atoms with Crippen molar-refractivity contribution in [1.29, 1.82) is 0 Å². The van der Waals surface area contributed by atoms with E-state index in [1.165, 1.54) is 5.56 Å². The Kier molecular flexibility index (Phi) is 4.23. The second-order valence-corrected chi connectivity index (χ2v) is 3.97. The molecule has 2 rings (SSSR count). The number of rotatable bonds is 6. The summed E-state index contributed by atoms with van der Waals surface area (Å²) < 4.78 is 10.6. The third kappa shape index (κ3) is 3.26. The van der Waals surface area contributed by atoms with Gasteiger partial charge in [0.2, 0.25) is 0 Å². The van der Waals surface area contributed by atoms with Crippen LogP contribution in [0.1, 0.15) is 18.2 Å². The number of ether oxygens (including phenoxy) is 1. The molecule has 1 aromatic heterocycles. The van der Waals surface area contributed by atoms with Crippen molar-refractivity contribution < 1.29 is 9.15 Å². The third-order valence-electron chi connectivity index (χ3n) is 2.67. The molecule has 0 spiro atoms. The van der Waals surface area contributed by atoms with Gasteiger partial charge in [0, 0.05) is 7.05 Å². The van der Waals surface area contributed by atoms with E-state index in [4.69, 9.17) is 9.15 Å². The van der Waals surface area contributed by atoms with Crippen LogP contribution in [-0.4, -0.2) is 18.6 Å². The van der Waals surface area contributed by atoms with Crippen LogP contribution < -0.4 is 10.1 Å². The molecule has 0 atom stereocenters. The van der Waals surface area contributed by atoms with Crippen molar-refractivity contribution in [2.75, 3.05) is 19.0 Å². The summed E-state index contributed by atoms with van der Waals surface area (Å²) >= 11 is 0. The van der Waals surface area contributed by atoms with Gasteiger partial charge in [-0.25, -0.2) is 0 Å². The molecule has 0 aliphatic heterocycles. The quantitative estimate of drug-likeness (QED) is 0.851. The summed E-state index contributed by atoms with van der Waals surface area (Å²) in [5.74, 6) is 0.917. The lowest BCUT2D eigenvalue weighted by atomic mass is 10.1. The van der Waals surface area contributed by atoms with E-state index in [9.17, 15) is 0 Å². The minimum atomic E-state index is 0.566. The van der Waals surface area contributed by atoms with Crippen LogP contribution in [0.4, 0.5) is 6.01 Å². The van der Waals surface area contributed by atoms with Gasteiger partial charge in [-0.05, 0) is 37.5 Å². The average Bonchev–Trinajstić information content (AvgIpc) is 2.86. The Hall–Kier alpha value is -1.97. The van der Waals surface area contributed by atoms with E-state index in [0.717, 1.165) is 24.3 Å². The second-order valence-electron chi connectivity index (χ2n) is 3.97. The Morgan fingerprint density at radius 3 is 2.61 bits per heavy atom. The number of nitrogens with zero attached hydrogens (tertiary/aromatic N) is 1. The van der Waals surface area contributed by atoms with Gasteiger partial charge in [0.25, 0.3) is 6.01 Å². The number of nitrogens with one attached hydrogen (secondary N) is 1. The predicted molar refractivity (Wildman–Crippen MR) is 71.1 cm³/mol. The van der Waals surface area contributed by atoms with Crippen molar-refractivity contribution in [3.05, 3.63) is 41.8 Å². The van der Waals surface area contributed by atoms with Crippen molar-refractivity contribution in [2.24, 2.45) is 0 Å². The van der Waals surface area contributed by atoms with Gasteiger partial charge in [0.1, 0.15) is 12.0 Å². The molecular formula is C14H18N2O2. The van der Waals surface area contributed by atoms with Crippen LogP contribution in [0.25, 0.3) is 0 Å². The monoisotopic (exact) mass is 246 g/mol. The molecule has 4 heteroatoms. The molecule has 0 radical (unpaired) electrons. The summed E-state index contributed by atoms with van der Waals surface area (Å²) in [5.41, 5.74) is 2.24. The fourth-order valence-electron chi connectivity index (χ4n) is 1.73. The molecule has 0 saturated heterocycles. The lowest BCUT2D eigenvalue weighted by Gasteiger charge is -2.04. The van der Waals surface area contributed by atoms with Crippen LogP contribution in [0.15, 0.2) is 34.9 Å². The van der Waals surface area contributed by atoms with Gasteiger partial charge in [0.05, 0.1) is 12.3 Å². The van der Waals surface area contributed by atoms with Gasteiger partial charge >= 0.3 is 0 Å². The highest BCUT2D eigenvalue weighted by molar-refractivity contribution is 5.28. The lowest BCUT2D eigenvalue weighted by molar-refractivity contribution is 0.340. The van der Waals surface area contributed by atoms with Crippen molar-refractivity contribution >= 4 is 6.01 Å². The topological polar surface area (TPSA) is 47.3 Å². The van der Waals surface area contributed by atoms with E-state index in [0.29, 0.717) is 12.6 Å². The Bertz CT molecular complexity index is 477. The first kappa shape index (κ1) is 12.5. The Morgan fingerprint density at radius 1 is 1.22 bits per heavy atom. The van der Waals surface area contributed by atoms with Gasteiger partial charge in [0.15, 0.2) is 0 Å². The number of hydrogen-bond donors (Lipinski definition) is 1. The Morgan fingerprint density at radius 2 is 2.00 bits per heavy atom. The first-order valence-electron chi connectivity index (χ1n) is 6.15. The SMILES string of the molecule is CCOc1ccc(CCc2coc(NC)n2)cc1. The van der Waals surface area contributed by atoms with Crippen molar-refractivity contribution in [3.63, 3.8) is 0 Å². The maximum atomic E-state index is 5.41. The summed E-state index contributed by atoms with van der Waals surface area (Å²) in [7, 11) is 1.79. The fourth-order valence-corrected chi connectivity index (χ4v) is 1.73. The van der Waals surface area contributed by atoms with Gasteiger partial charge in [-0.1, -0.05) is 12.1 Å². The molecular weight excluding hydrogens is 228 g/mol. The van der Waals surface area contributed by atoms with Gasteiger partial charge < -0.3 is 14.5 Å². The molecule has 1 aromatic carbocycles. The molecule has 0 saturated carbocycles. The second kappa shape index (κ2) is 6.10. The van der Waals surface area contributed by atoms with Crippen molar-refractivity contribution in [3.8, 4) is 5.75 Å². The minimum absolute atomic E-state index is 0.566. The van der Waals surface area contributed by atoms with E-state index in [1.54, 1.807) is 13.3 Å². The molecule has 0 bridgehead atoms. The zero-order chi connectivity index (χ0) is 12.8. The average molecular weight is 246 g/mol. The zero-order valence-electron chi connectivity index (χ0n) is 10.8. The normalized spacial score (nSPS) is 10.3. The standard InChI is InChI=1S/C14H18N2O2/c1-3-17-13-8-5-11(6-9-13)4-7-12-10-18-14(15-2)16-12/h5-6,8-10H,3-4,7H2,1-2H3,(H,15,16). The van der Waals surface area contributed by atoms with Crippen LogP contribution in [0, 0.1) is 0 Å². The maximum absolute atomic E-state index is 5.41. The first-order chi connectivity index (χ1) is 8.81. The highest BCUT2D eigenvalue weighted by Crippen LogP contribution is 2.14. The molecule has 96 valence electrons. The summed E-state index contributed by atoms with van der Waals surface area (Å²) in [5, 5.41) is 2.87. The number of anilines is 1. The van der Waals surface area contributed by atoms with E-state index >= 15 is 0 Å². The van der Waals surface area contributed by atoms with Gasteiger partial charge in [-0.2, -0.15) is 4.98 Å². The molecule has 0 amide bonds. The van der Waals surface area contributed by atoms with Crippen molar-refractivity contribution in [1.82, 2.24) is 4.98 Å². The molecule has 0 fully saturated rings. The van der Waals surface area contributed by atoms with Crippen LogP contribution >= 0.6 is 0 Å². The fraction of sp³-hybridized carbons (Fsp3) is 0.357. The molecule has 1 heterocycles. The molecule has 4 nitrogen and oxygen atoms in total. The Balaban J connectivity index is 1.89. The summed E-state index contributed by atoms with van der Waals surface area (Å²) in [6.45, 7) is 2.68. The van der Waals surface area contributed by atoms with Crippen LogP contribution in [0.3, 0.4) is 0 Å². The number of oxazole rings is 1. The van der Waals surface area contributed by atoms with Crippen molar-refractivity contribution in [2.45, 2.75) is 19.8 Å². The Labute approximate surface area is 107 Å². The summed E-state index contributed by atoms with van der Waals surface area (Å²) in [6, 6.07) is 8.74. The minimum Gasteiger partial charge on any atom is -0.494 e. The van der Waals surface area contributed by atoms with Gasteiger partial charge in [-0.3, -0.25) is 0 Å². The van der Waals surface area contributed by atoms with E-state index in [1.807, 2.05) is 19.1 Å². The smallest absolute Gasteiger partial charge is 0.294 e. The largest absolute Gasteiger partial charge is 0.494 e. The molecule has 18 heavy (non-hydrogen) atoms. The lowest BCUT2D eigenvalue weighted by Crippen LogP contribution is -1.94. The third-order valence-corrected chi connectivity index (χ3v) is 2.67. The summed E-state index contributed by atoms with van der Waals surface area (Å²) in [4.78, 5) is 4.29. The van der Waals surface area contributed by atoms with Gasteiger partial charge in [-0.15, -0.1) is 0 Å². The van der Waals surface area contributed by atoms with Crippen LogP contribution in [-0.2, 0) is 12.8 Å². The zero-order valence-corrected chi connectivity index (χ0v) is 10.8. The van der Waals surface area contributed by atoms with Crippen LogP contribution in [0.2, 0.25) is 0 Å². The summed E-state index contributed by atoms with van der Waals surface area (Å²) in [6.07, 6.45) is 3.52. The molecule has 0 unspecified atom stereocenters. The molecule has 1 N–H and O–H groups in total.